The number of aromatic nitrogens is 1. The van der Waals surface area contributed by atoms with Gasteiger partial charge in [-0.25, -0.2) is 0 Å². The first-order chi connectivity index (χ1) is 13.2. The average Bonchev–Trinajstić information content (AvgIpc) is 3.01. The molecule has 4 rings (SSSR count). The molecule has 6 nitrogen and oxygen atoms in total. The van der Waals surface area contributed by atoms with Crippen LogP contribution >= 0.6 is 0 Å². The van der Waals surface area contributed by atoms with Crippen LogP contribution in [0.15, 0.2) is 24.5 Å². The zero-order chi connectivity index (χ0) is 18.6. The minimum absolute atomic E-state index is 0.152. The van der Waals surface area contributed by atoms with E-state index in [4.69, 9.17) is 4.74 Å². The Morgan fingerprint density at radius 3 is 2.22 bits per heavy atom. The fraction of sp³-hybridized carbons (Fsp3) is 0.667. The molecule has 2 atom stereocenters. The summed E-state index contributed by atoms with van der Waals surface area (Å²) in [7, 11) is 0. The highest BCUT2D eigenvalue weighted by atomic mass is 16.5. The lowest BCUT2D eigenvalue weighted by molar-refractivity contribution is -0.138. The van der Waals surface area contributed by atoms with Crippen molar-refractivity contribution >= 4 is 11.8 Å². The smallest absolute Gasteiger partial charge is 0.226 e. The molecule has 2 amide bonds. The Bertz CT molecular complexity index is 644. The van der Waals surface area contributed by atoms with Crippen LogP contribution in [-0.2, 0) is 20.7 Å². The average molecular weight is 371 g/mol. The molecule has 3 fully saturated rings. The van der Waals surface area contributed by atoms with Crippen molar-refractivity contribution in [3.05, 3.63) is 30.1 Å². The Hall–Kier alpha value is -1.95. The molecule has 0 radical (unpaired) electrons. The molecule has 0 bridgehead atoms. The van der Waals surface area contributed by atoms with Crippen molar-refractivity contribution < 1.29 is 14.3 Å². The molecule has 27 heavy (non-hydrogen) atoms. The predicted molar refractivity (Wildman–Crippen MR) is 101 cm³/mol. The van der Waals surface area contributed by atoms with Crippen LogP contribution in [0.25, 0.3) is 0 Å². The van der Waals surface area contributed by atoms with E-state index in [0.29, 0.717) is 37.4 Å². The number of pyridine rings is 1. The van der Waals surface area contributed by atoms with Crippen molar-refractivity contribution in [2.45, 2.75) is 32.1 Å². The molecule has 6 heteroatoms. The van der Waals surface area contributed by atoms with E-state index in [1.165, 1.54) is 0 Å². The molecule has 1 aromatic rings. The lowest BCUT2D eigenvalue weighted by Gasteiger charge is -2.27. The van der Waals surface area contributed by atoms with Gasteiger partial charge in [-0.15, -0.1) is 0 Å². The number of amides is 2. The quantitative estimate of drug-likeness (QED) is 0.812. The van der Waals surface area contributed by atoms with Gasteiger partial charge in [-0.05, 0) is 55.2 Å². The number of carbonyl (C=O) groups excluding carboxylic acids is 2. The molecule has 0 N–H and O–H groups in total. The summed E-state index contributed by atoms with van der Waals surface area (Å²) >= 11 is 0. The number of carbonyl (C=O) groups is 2. The topological polar surface area (TPSA) is 62.7 Å². The number of nitrogens with zero attached hydrogens (tertiary/aromatic N) is 3. The Labute approximate surface area is 160 Å². The third-order valence-electron chi connectivity index (χ3n) is 6.46. The van der Waals surface area contributed by atoms with E-state index in [0.717, 1.165) is 57.4 Å². The van der Waals surface area contributed by atoms with Crippen LogP contribution in [0.2, 0.25) is 0 Å². The second-order valence-electron chi connectivity index (χ2n) is 8.14. The molecule has 4 heterocycles. The molecule has 146 valence electrons. The summed E-state index contributed by atoms with van der Waals surface area (Å²) < 4.78 is 5.39. The highest BCUT2D eigenvalue weighted by Crippen LogP contribution is 2.33. The van der Waals surface area contributed by atoms with Crippen LogP contribution < -0.4 is 0 Å². The van der Waals surface area contributed by atoms with E-state index >= 15 is 0 Å². The van der Waals surface area contributed by atoms with Crippen molar-refractivity contribution in [2.24, 2.45) is 17.8 Å². The first kappa shape index (κ1) is 18.4. The van der Waals surface area contributed by atoms with Gasteiger partial charge in [-0.2, -0.15) is 0 Å². The van der Waals surface area contributed by atoms with Crippen LogP contribution in [0.1, 0.15) is 31.2 Å². The van der Waals surface area contributed by atoms with Crippen molar-refractivity contribution in [1.29, 1.82) is 0 Å². The second kappa shape index (κ2) is 8.38. The van der Waals surface area contributed by atoms with Crippen molar-refractivity contribution in [1.82, 2.24) is 14.8 Å². The third kappa shape index (κ3) is 4.32. The summed E-state index contributed by atoms with van der Waals surface area (Å²) in [6, 6.07) is 3.81. The fourth-order valence-electron chi connectivity index (χ4n) is 4.77. The molecule has 0 saturated carbocycles. The van der Waals surface area contributed by atoms with Gasteiger partial charge in [0.2, 0.25) is 11.8 Å². The van der Waals surface area contributed by atoms with E-state index in [1.54, 1.807) is 12.4 Å². The predicted octanol–water partition coefficient (Wildman–Crippen LogP) is 1.75. The standard InChI is InChI=1S/C21H29N3O3/c25-20(13-16-1-7-22-8-2-16)23-9-3-18-14-24(15-19(18)4-10-23)21(26)17-5-11-27-12-6-17/h1-2,7-8,17-19H,3-6,9-15H2/t18-,19-/m0/s1. The van der Waals surface area contributed by atoms with Crippen LogP contribution in [0.5, 0.6) is 0 Å². The maximum Gasteiger partial charge on any atom is 0.226 e. The number of hydrogen-bond acceptors (Lipinski definition) is 4. The van der Waals surface area contributed by atoms with Gasteiger partial charge in [-0.1, -0.05) is 0 Å². The fourth-order valence-corrected chi connectivity index (χ4v) is 4.77. The van der Waals surface area contributed by atoms with E-state index in [2.05, 4.69) is 9.88 Å². The molecule has 3 aliphatic heterocycles. The maximum absolute atomic E-state index is 12.8. The Balaban J connectivity index is 1.30. The van der Waals surface area contributed by atoms with Gasteiger partial charge in [0.15, 0.2) is 0 Å². The number of ether oxygens (including phenoxy) is 1. The van der Waals surface area contributed by atoms with Crippen LogP contribution in [0.4, 0.5) is 0 Å². The highest BCUT2D eigenvalue weighted by molar-refractivity contribution is 5.79. The molecule has 3 aliphatic rings. The summed E-state index contributed by atoms with van der Waals surface area (Å²) in [4.78, 5) is 33.6. The second-order valence-corrected chi connectivity index (χ2v) is 8.14. The van der Waals surface area contributed by atoms with Crippen LogP contribution in [0.3, 0.4) is 0 Å². The van der Waals surface area contributed by atoms with Crippen LogP contribution in [0, 0.1) is 17.8 Å². The zero-order valence-electron chi connectivity index (χ0n) is 15.9. The first-order valence-electron chi connectivity index (χ1n) is 10.2. The SMILES string of the molecule is O=C(Cc1ccncc1)N1CC[C@H]2CN(C(=O)C3CCOCC3)C[C@@H]2CC1. The van der Waals surface area contributed by atoms with Crippen molar-refractivity contribution in [2.75, 3.05) is 39.4 Å². The summed E-state index contributed by atoms with van der Waals surface area (Å²) in [5.74, 6) is 1.76. The number of fused-ring (bicyclic) bond motifs is 1. The third-order valence-corrected chi connectivity index (χ3v) is 6.46. The van der Waals surface area contributed by atoms with Gasteiger partial charge < -0.3 is 14.5 Å². The molecule has 0 aromatic carbocycles. The van der Waals surface area contributed by atoms with Crippen LogP contribution in [-0.4, -0.2) is 66.0 Å². The number of likely N-dealkylation sites (tertiary alicyclic amines) is 2. The van der Waals surface area contributed by atoms with E-state index in [1.807, 2.05) is 17.0 Å². The van der Waals surface area contributed by atoms with E-state index in [-0.39, 0.29) is 11.8 Å². The lowest BCUT2D eigenvalue weighted by atomic mass is 9.92. The zero-order valence-corrected chi connectivity index (χ0v) is 15.9. The molecule has 1 aromatic heterocycles. The minimum Gasteiger partial charge on any atom is -0.381 e. The Morgan fingerprint density at radius 1 is 0.963 bits per heavy atom. The molecule has 0 spiro atoms. The molecule has 0 aliphatic carbocycles. The summed E-state index contributed by atoms with van der Waals surface area (Å²) in [5, 5.41) is 0. The highest BCUT2D eigenvalue weighted by Gasteiger charge is 2.39. The van der Waals surface area contributed by atoms with Gasteiger partial charge >= 0.3 is 0 Å². The molecule has 0 unspecified atom stereocenters. The Morgan fingerprint density at radius 2 is 1.59 bits per heavy atom. The molecule has 3 saturated heterocycles. The number of hydrogen-bond donors (Lipinski definition) is 0. The van der Waals surface area contributed by atoms with Crippen molar-refractivity contribution in [3.63, 3.8) is 0 Å². The molecular formula is C21H29N3O3. The normalized spacial score (nSPS) is 26.5. The minimum atomic E-state index is 0.152. The van der Waals surface area contributed by atoms with Gasteiger partial charge in [0.05, 0.1) is 6.42 Å². The van der Waals surface area contributed by atoms with Crippen molar-refractivity contribution in [3.8, 4) is 0 Å². The van der Waals surface area contributed by atoms with Gasteiger partial charge in [0.25, 0.3) is 0 Å². The molecular weight excluding hydrogens is 342 g/mol. The van der Waals surface area contributed by atoms with E-state index in [9.17, 15) is 9.59 Å². The summed E-state index contributed by atoms with van der Waals surface area (Å²) in [6.45, 7) is 4.78. The van der Waals surface area contributed by atoms with Gasteiger partial charge in [0.1, 0.15) is 0 Å². The maximum atomic E-state index is 12.8. The Kier molecular flexibility index (Phi) is 5.72. The number of rotatable bonds is 3. The summed E-state index contributed by atoms with van der Waals surface area (Å²) in [6.07, 6.45) is 7.66. The van der Waals surface area contributed by atoms with E-state index < -0.39 is 0 Å². The largest absolute Gasteiger partial charge is 0.381 e. The van der Waals surface area contributed by atoms with Gasteiger partial charge in [-0.3, -0.25) is 14.6 Å². The summed E-state index contributed by atoms with van der Waals surface area (Å²) in [5.41, 5.74) is 1.02. The first-order valence-corrected chi connectivity index (χ1v) is 10.2. The lowest BCUT2D eigenvalue weighted by Crippen LogP contribution is -2.38. The monoisotopic (exact) mass is 371 g/mol. The van der Waals surface area contributed by atoms with Gasteiger partial charge in [0, 0.05) is 57.7 Å².